The molecule has 22 heavy (non-hydrogen) atoms. The lowest BCUT2D eigenvalue weighted by molar-refractivity contribution is 0.0630. The van der Waals surface area contributed by atoms with Crippen LogP contribution in [0.15, 0.2) is 55.1 Å². The normalized spacial score (nSPS) is 19.9. The number of rotatable bonds is 4. The summed E-state index contributed by atoms with van der Waals surface area (Å²) in [5, 5.41) is 10.5. The molecule has 0 bridgehead atoms. The van der Waals surface area contributed by atoms with Crippen LogP contribution in [0.3, 0.4) is 0 Å². The lowest BCUT2D eigenvalue weighted by atomic mass is 9.93. The molecule has 0 saturated carbocycles. The van der Waals surface area contributed by atoms with Crippen molar-refractivity contribution < 1.29 is 14.6 Å². The van der Waals surface area contributed by atoms with Crippen molar-refractivity contribution in [3.63, 3.8) is 0 Å². The molecule has 2 aromatic rings. The Hall–Kier alpha value is -2.26. The number of aliphatic hydroxyl groups excluding tert-OH is 1. The Kier molecular flexibility index (Phi) is 4.16. The summed E-state index contributed by atoms with van der Waals surface area (Å²) < 4.78 is 11.6. The van der Waals surface area contributed by atoms with Crippen LogP contribution >= 0.6 is 0 Å². The summed E-state index contributed by atoms with van der Waals surface area (Å²) in [6, 6.07) is 13.9. The van der Waals surface area contributed by atoms with E-state index in [0.717, 1.165) is 23.1 Å². The van der Waals surface area contributed by atoms with E-state index in [4.69, 9.17) is 9.47 Å². The second kappa shape index (κ2) is 6.24. The first-order chi connectivity index (χ1) is 10.7. The number of hydrogen-bond donors (Lipinski definition) is 1. The molecule has 3 rings (SSSR count). The predicted molar refractivity (Wildman–Crippen MR) is 86.3 cm³/mol. The summed E-state index contributed by atoms with van der Waals surface area (Å²) in [6.45, 7) is 3.76. The second-order valence-electron chi connectivity index (χ2n) is 5.48. The molecule has 3 nitrogen and oxygen atoms in total. The van der Waals surface area contributed by atoms with Crippen molar-refractivity contribution in [2.24, 2.45) is 0 Å². The van der Waals surface area contributed by atoms with Crippen LogP contribution < -0.4 is 9.47 Å². The molecular formula is C19H20O3. The molecule has 0 amide bonds. The third-order valence-corrected chi connectivity index (χ3v) is 3.97. The van der Waals surface area contributed by atoms with E-state index in [1.807, 2.05) is 48.5 Å². The van der Waals surface area contributed by atoms with Gasteiger partial charge in [0.05, 0.1) is 13.2 Å². The Bertz CT molecular complexity index is 664. The van der Waals surface area contributed by atoms with Crippen LogP contribution in [0, 0.1) is 0 Å². The molecule has 2 unspecified atom stereocenters. The fraction of sp³-hybridized carbons (Fsp3) is 0.263. The van der Waals surface area contributed by atoms with E-state index in [9.17, 15) is 5.11 Å². The van der Waals surface area contributed by atoms with Crippen molar-refractivity contribution in [3.8, 4) is 11.5 Å². The number of benzene rings is 2. The first-order valence-electron chi connectivity index (χ1n) is 7.44. The number of fused-ring (bicyclic) bond motifs is 1. The minimum absolute atomic E-state index is 0.164. The Morgan fingerprint density at radius 2 is 2.09 bits per heavy atom. The summed E-state index contributed by atoms with van der Waals surface area (Å²) in [5.41, 5.74) is 2.92. The van der Waals surface area contributed by atoms with Gasteiger partial charge in [-0.1, -0.05) is 36.4 Å². The lowest BCUT2D eigenvalue weighted by Gasteiger charge is -2.31. The molecule has 1 aliphatic heterocycles. The Morgan fingerprint density at radius 1 is 1.32 bits per heavy atom. The number of ether oxygens (including phenoxy) is 2. The molecule has 2 atom stereocenters. The quantitative estimate of drug-likeness (QED) is 0.867. The second-order valence-corrected chi connectivity index (χ2v) is 5.48. The molecule has 3 heteroatoms. The van der Waals surface area contributed by atoms with Gasteiger partial charge in [-0.15, -0.1) is 6.58 Å². The van der Waals surface area contributed by atoms with Crippen molar-refractivity contribution in [1.29, 1.82) is 0 Å². The first kappa shape index (κ1) is 14.7. The van der Waals surface area contributed by atoms with Gasteiger partial charge in [0.25, 0.3) is 0 Å². The Morgan fingerprint density at radius 3 is 2.77 bits per heavy atom. The molecule has 0 aliphatic carbocycles. The van der Waals surface area contributed by atoms with Crippen molar-refractivity contribution in [1.82, 2.24) is 0 Å². The zero-order chi connectivity index (χ0) is 15.5. The molecule has 0 spiro atoms. The van der Waals surface area contributed by atoms with Crippen molar-refractivity contribution in [2.75, 3.05) is 7.11 Å². The highest BCUT2D eigenvalue weighted by atomic mass is 16.5. The summed E-state index contributed by atoms with van der Waals surface area (Å²) >= 11 is 0. The van der Waals surface area contributed by atoms with Gasteiger partial charge in [0.15, 0.2) is 11.5 Å². The molecule has 0 saturated heterocycles. The minimum atomic E-state index is -0.562. The molecule has 1 N–H and O–H groups in total. The van der Waals surface area contributed by atoms with Crippen LogP contribution in [0.5, 0.6) is 11.5 Å². The van der Waals surface area contributed by atoms with E-state index in [0.29, 0.717) is 17.9 Å². The van der Waals surface area contributed by atoms with Crippen LogP contribution in [-0.2, 0) is 6.42 Å². The largest absolute Gasteiger partial charge is 0.493 e. The van der Waals surface area contributed by atoms with Gasteiger partial charge in [0.1, 0.15) is 6.10 Å². The van der Waals surface area contributed by atoms with Gasteiger partial charge in [-0.25, -0.2) is 0 Å². The van der Waals surface area contributed by atoms with Crippen molar-refractivity contribution in [2.45, 2.75) is 25.0 Å². The Balaban J connectivity index is 2.00. The summed E-state index contributed by atoms with van der Waals surface area (Å²) in [5.74, 6) is 1.30. The first-order valence-corrected chi connectivity index (χ1v) is 7.44. The van der Waals surface area contributed by atoms with Crippen LogP contribution in [0.2, 0.25) is 0 Å². The maximum atomic E-state index is 10.5. The topological polar surface area (TPSA) is 38.7 Å². The van der Waals surface area contributed by atoms with E-state index in [1.54, 1.807) is 7.11 Å². The molecule has 0 radical (unpaired) electrons. The zero-order valence-corrected chi connectivity index (χ0v) is 12.7. The summed E-state index contributed by atoms with van der Waals surface area (Å²) in [6.07, 6.45) is 2.38. The number of methoxy groups -OCH3 is 1. The third-order valence-electron chi connectivity index (χ3n) is 3.97. The van der Waals surface area contributed by atoms with Crippen molar-refractivity contribution >= 4 is 0 Å². The van der Waals surface area contributed by atoms with Crippen LogP contribution in [0.25, 0.3) is 0 Å². The summed E-state index contributed by atoms with van der Waals surface area (Å²) in [4.78, 5) is 0. The van der Waals surface area contributed by atoms with Gasteiger partial charge in [-0.3, -0.25) is 0 Å². The van der Waals surface area contributed by atoms with E-state index in [1.165, 1.54) is 0 Å². The van der Waals surface area contributed by atoms with E-state index in [-0.39, 0.29) is 6.10 Å². The molecule has 0 aromatic heterocycles. The van der Waals surface area contributed by atoms with E-state index >= 15 is 0 Å². The molecule has 0 fully saturated rings. The van der Waals surface area contributed by atoms with Gasteiger partial charge in [0.2, 0.25) is 0 Å². The summed E-state index contributed by atoms with van der Waals surface area (Å²) in [7, 11) is 1.62. The zero-order valence-electron chi connectivity index (χ0n) is 12.7. The minimum Gasteiger partial charge on any atom is -0.493 e. The molecule has 1 heterocycles. The number of allylic oxidation sites excluding steroid dienone is 1. The fourth-order valence-corrected chi connectivity index (χ4v) is 2.88. The van der Waals surface area contributed by atoms with Gasteiger partial charge in [-0.05, 0) is 29.7 Å². The van der Waals surface area contributed by atoms with Gasteiger partial charge in [0, 0.05) is 12.0 Å². The standard InChI is InChI=1S/C19H20O3/c1-3-7-13-10-15-16(20)12-17(14-8-5-4-6-9-14)22-19(15)18(11-13)21-2/h3-6,8-11,16-17,20H,1,7,12H2,2H3. The maximum absolute atomic E-state index is 10.5. The molecular weight excluding hydrogens is 276 g/mol. The molecule has 114 valence electrons. The average molecular weight is 296 g/mol. The van der Waals surface area contributed by atoms with Gasteiger partial charge >= 0.3 is 0 Å². The highest BCUT2D eigenvalue weighted by Crippen LogP contribution is 2.46. The molecule has 1 aliphatic rings. The van der Waals surface area contributed by atoms with Crippen LogP contribution in [0.4, 0.5) is 0 Å². The van der Waals surface area contributed by atoms with E-state index < -0.39 is 6.10 Å². The average Bonchev–Trinajstić information content (AvgIpc) is 2.55. The van der Waals surface area contributed by atoms with E-state index in [2.05, 4.69) is 6.58 Å². The fourth-order valence-electron chi connectivity index (χ4n) is 2.88. The van der Waals surface area contributed by atoms with Crippen LogP contribution in [-0.4, -0.2) is 12.2 Å². The van der Waals surface area contributed by atoms with Gasteiger partial charge < -0.3 is 14.6 Å². The van der Waals surface area contributed by atoms with Crippen LogP contribution in [0.1, 0.15) is 35.3 Å². The monoisotopic (exact) mass is 296 g/mol. The number of hydrogen-bond acceptors (Lipinski definition) is 3. The molecule has 2 aromatic carbocycles. The number of aliphatic hydroxyl groups is 1. The highest BCUT2D eigenvalue weighted by molar-refractivity contribution is 5.52. The lowest BCUT2D eigenvalue weighted by Crippen LogP contribution is -2.20. The highest BCUT2D eigenvalue weighted by Gasteiger charge is 2.30. The van der Waals surface area contributed by atoms with Gasteiger partial charge in [-0.2, -0.15) is 0 Å². The smallest absolute Gasteiger partial charge is 0.167 e. The third kappa shape index (κ3) is 2.72. The SMILES string of the molecule is C=CCc1cc(OC)c2c(c1)C(O)CC(c1ccccc1)O2. The Labute approximate surface area is 130 Å². The predicted octanol–water partition coefficient (Wildman–Crippen LogP) is 3.98. The van der Waals surface area contributed by atoms with Crippen molar-refractivity contribution in [3.05, 3.63) is 71.8 Å². The maximum Gasteiger partial charge on any atom is 0.167 e.